The highest BCUT2D eigenvalue weighted by molar-refractivity contribution is 14.0. The third kappa shape index (κ3) is 7.16. The standard InChI is InChI=1S/C20H27N3O3.HI/c1-5-26-17-8-6-7-15(13-17)11-12-22-20(21-2)23-16-9-10-18(24-3)19(14-16)25-4;/h6-10,13-14H,5,11-12H2,1-4H3,(H2,21,22,23);1H. The van der Waals surface area contributed by atoms with Gasteiger partial charge in [-0.1, -0.05) is 12.1 Å². The monoisotopic (exact) mass is 485 g/mol. The molecule has 0 aromatic heterocycles. The van der Waals surface area contributed by atoms with E-state index in [2.05, 4.69) is 27.8 Å². The van der Waals surface area contributed by atoms with Crippen LogP contribution < -0.4 is 24.8 Å². The van der Waals surface area contributed by atoms with E-state index in [4.69, 9.17) is 14.2 Å². The van der Waals surface area contributed by atoms with Crippen molar-refractivity contribution in [1.82, 2.24) is 5.32 Å². The van der Waals surface area contributed by atoms with Gasteiger partial charge < -0.3 is 24.8 Å². The molecule has 0 aliphatic heterocycles. The second-order valence-corrected chi connectivity index (χ2v) is 5.52. The van der Waals surface area contributed by atoms with E-state index in [0.29, 0.717) is 24.1 Å². The predicted molar refractivity (Wildman–Crippen MR) is 121 cm³/mol. The predicted octanol–water partition coefficient (Wildman–Crippen LogP) is 3.95. The first kappa shape index (κ1) is 22.9. The Morgan fingerprint density at radius 3 is 2.48 bits per heavy atom. The van der Waals surface area contributed by atoms with Crippen LogP contribution in [0.3, 0.4) is 0 Å². The van der Waals surface area contributed by atoms with Crippen LogP contribution in [-0.4, -0.2) is 40.4 Å². The molecule has 0 bridgehead atoms. The van der Waals surface area contributed by atoms with E-state index < -0.39 is 0 Å². The quantitative estimate of drug-likeness (QED) is 0.337. The molecule has 6 nitrogen and oxygen atoms in total. The minimum Gasteiger partial charge on any atom is -0.494 e. The number of nitrogens with zero attached hydrogens (tertiary/aromatic N) is 1. The van der Waals surface area contributed by atoms with E-state index in [1.165, 1.54) is 5.56 Å². The molecule has 0 aliphatic rings. The van der Waals surface area contributed by atoms with Gasteiger partial charge >= 0.3 is 0 Å². The zero-order valence-corrected chi connectivity index (χ0v) is 18.6. The van der Waals surface area contributed by atoms with Gasteiger partial charge in [0, 0.05) is 25.3 Å². The fourth-order valence-corrected chi connectivity index (χ4v) is 2.51. The zero-order valence-electron chi connectivity index (χ0n) is 16.2. The van der Waals surface area contributed by atoms with Gasteiger partial charge in [-0.15, -0.1) is 24.0 Å². The van der Waals surface area contributed by atoms with Crippen molar-refractivity contribution in [2.45, 2.75) is 13.3 Å². The summed E-state index contributed by atoms with van der Waals surface area (Å²) in [6.45, 7) is 3.41. The third-order valence-corrected chi connectivity index (χ3v) is 3.79. The lowest BCUT2D eigenvalue weighted by Gasteiger charge is -2.14. The van der Waals surface area contributed by atoms with Gasteiger partial charge in [0.15, 0.2) is 17.5 Å². The Hall–Kier alpha value is -2.16. The molecule has 0 aliphatic carbocycles. The molecule has 148 valence electrons. The molecule has 0 saturated carbocycles. The van der Waals surface area contributed by atoms with Crippen LogP contribution in [0.5, 0.6) is 17.2 Å². The summed E-state index contributed by atoms with van der Waals surface area (Å²) in [5.74, 6) is 2.95. The first-order valence-electron chi connectivity index (χ1n) is 8.61. The van der Waals surface area contributed by atoms with Crippen molar-refractivity contribution in [2.75, 3.05) is 39.7 Å². The van der Waals surface area contributed by atoms with Crippen LogP contribution in [0.4, 0.5) is 5.69 Å². The molecule has 0 saturated heterocycles. The summed E-state index contributed by atoms with van der Waals surface area (Å²) in [7, 11) is 4.98. The van der Waals surface area contributed by atoms with Gasteiger partial charge in [-0.25, -0.2) is 0 Å². The van der Waals surface area contributed by atoms with Crippen LogP contribution >= 0.6 is 24.0 Å². The van der Waals surface area contributed by atoms with Gasteiger partial charge in [-0.3, -0.25) is 4.99 Å². The van der Waals surface area contributed by atoms with Crippen LogP contribution in [0.15, 0.2) is 47.5 Å². The maximum Gasteiger partial charge on any atom is 0.195 e. The molecule has 7 heteroatoms. The lowest BCUT2D eigenvalue weighted by Crippen LogP contribution is -2.32. The highest BCUT2D eigenvalue weighted by atomic mass is 127. The second kappa shape index (κ2) is 12.3. The minimum absolute atomic E-state index is 0. The Bertz CT molecular complexity index is 738. The number of methoxy groups -OCH3 is 2. The Labute approximate surface area is 178 Å². The molecule has 0 amide bonds. The van der Waals surface area contributed by atoms with Gasteiger partial charge in [0.1, 0.15) is 5.75 Å². The summed E-state index contributed by atoms with van der Waals surface area (Å²) < 4.78 is 16.1. The van der Waals surface area contributed by atoms with E-state index >= 15 is 0 Å². The van der Waals surface area contributed by atoms with Crippen molar-refractivity contribution in [1.29, 1.82) is 0 Å². The first-order valence-corrected chi connectivity index (χ1v) is 8.61. The molecule has 0 atom stereocenters. The summed E-state index contributed by atoms with van der Waals surface area (Å²) in [4.78, 5) is 4.26. The molecule has 0 spiro atoms. The number of aliphatic imine (C=N–C) groups is 1. The molecule has 0 unspecified atom stereocenters. The summed E-state index contributed by atoms with van der Waals surface area (Å²) in [6.07, 6.45) is 0.869. The molecule has 0 heterocycles. The van der Waals surface area contributed by atoms with Crippen LogP contribution in [0, 0.1) is 0 Å². The number of benzene rings is 2. The Kier molecular flexibility index (Phi) is 10.4. The summed E-state index contributed by atoms with van der Waals surface area (Å²) >= 11 is 0. The average Bonchev–Trinajstić information content (AvgIpc) is 2.67. The largest absolute Gasteiger partial charge is 0.494 e. The maximum atomic E-state index is 5.54. The van der Waals surface area contributed by atoms with E-state index in [1.807, 2.05) is 37.3 Å². The number of guanidine groups is 1. The summed E-state index contributed by atoms with van der Waals surface area (Å²) in [5.41, 5.74) is 2.08. The van der Waals surface area contributed by atoms with Crippen molar-refractivity contribution in [3.05, 3.63) is 48.0 Å². The molecule has 2 rings (SSSR count). The molecular formula is C20H28IN3O3. The van der Waals surface area contributed by atoms with Crippen molar-refractivity contribution in [2.24, 2.45) is 4.99 Å². The molecular weight excluding hydrogens is 457 g/mol. The first-order chi connectivity index (χ1) is 12.7. The zero-order chi connectivity index (χ0) is 18.8. The van der Waals surface area contributed by atoms with E-state index in [1.54, 1.807) is 21.3 Å². The van der Waals surface area contributed by atoms with Crippen molar-refractivity contribution >= 4 is 35.6 Å². The van der Waals surface area contributed by atoms with Gasteiger partial charge in [-0.05, 0) is 43.2 Å². The highest BCUT2D eigenvalue weighted by Gasteiger charge is 2.06. The average molecular weight is 485 g/mol. The molecule has 0 fully saturated rings. The van der Waals surface area contributed by atoms with Crippen molar-refractivity contribution < 1.29 is 14.2 Å². The van der Waals surface area contributed by atoms with Crippen LogP contribution in [0.1, 0.15) is 12.5 Å². The number of halogens is 1. The SMILES string of the molecule is CCOc1cccc(CCNC(=NC)Nc2ccc(OC)c(OC)c2)c1.I. The summed E-state index contributed by atoms with van der Waals surface area (Å²) in [6, 6.07) is 13.8. The second-order valence-electron chi connectivity index (χ2n) is 5.52. The number of ether oxygens (including phenoxy) is 3. The fraction of sp³-hybridized carbons (Fsp3) is 0.350. The normalized spacial score (nSPS) is 10.6. The van der Waals surface area contributed by atoms with Crippen molar-refractivity contribution in [3.63, 3.8) is 0 Å². The lowest BCUT2D eigenvalue weighted by atomic mass is 10.1. The fourth-order valence-electron chi connectivity index (χ4n) is 2.51. The Morgan fingerprint density at radius 2 is 1.81 bits per heavy atom. The molecule has 2 aromatic carbocycles. The number of hydrogen-bond acceptors (Lipinski definition) is 4. The molecule has 2 N–H and O–H groups in total. The number of anilines is 1. The van der Waals surface area contributed by atoms with Gasteiger partial charge in [0.05, 0.1) is 20.8 Å². The van der Waals surface area contributed by atoms with Crippen LogP contribution in [-0.2, 0) is 6.42 Å². The van der Waals surface area contributed by atoms with Gasteiger partial charge in [-0.2, -0.15) is 0 Å². The minimum atomic E-state index is 0. The number of nitrogens with one attached hydrogen (secondary N) is 2. The van der Waals surface area contributed by atoms with Crippen LogP contribution in [0.2, 0.25) is 0 Å². The van der Waals surface area contributed by atoms with Gasteiger partial charge in [0.2, 0.25) is 0 Å². The topological polar surface area (TPSA) is 64.1 Å². The van der Waals surface area contributed by atoms with Crippen LogP contribution in [0.25, 0.3) is 0 Å². The highest BCUT2D eigenvalue weighted by Crippen LogP contribution is 2.29. The summed E-state index contributed by atoms with van der Waals surface area (Å²) in [5, 5.41) is 6.56. The van der Waals surface area contributed by atoms with Crippen molar-refractivity contribution in [3.8, 4) is 17.2 Å². The molecule has 2 aromatic rings. The maximum absolute atomic E-state index is 5.54. The molecule has 0 radical (unpaired) electrons. The third-order valence-electron chi connectivity index (χ3n) is 3.79. The van der Waals surface area contributed by atoms with E-state index in [9.17, 15) is 0 Å². The molecule has 27 heavy (non-hydrogen) atoms. The lowest BCUT2D eigenvalue weighted by molar-refractivity contribution is 0.340. The Morgan fingerprint density at radius 1 is 1.04 bits per heavy atom. The van der Waals surface area contributed by atoms with E-state index in [-0.39, 0.29) is 24.0 Å². The number of hydrogen-bond donors (Lipinski definition) is 2. The van der Waals surface area contributed by atoms with E-state index in [0.717, 1.165) is 24.4 Å². The Balaban J connectivity index is 0.00000364. The number of rotatable bonds is 8. The van der Waals surface area contributed by atoms with Gasteiger partial charge in [0.25, 0.3) is 0 Å². The smallest absolute Gasteiger partial charge is 0.195 e.